The molecule has 1 heterocycles. The molecule has 1 aliphatic heterocycles. The second kappa shape index (κ2) is 11.9. The monoisotopic (exact) mass is 533 g/mol. The number of fused-ring (bicyclic) bond motifs is 1. The smallest absolute Gasteiger partial charge is 0.191 e. The summed E-state index contributed by atoms with van der Waals surface area (Å²) < 4.78 is 43.2. The zero-order chi connectivity index (χ0) is 20.6. The topological polar surface area (TPSA) is 64.1 Å². The van der Waals surface area contributed by atoms with Crippen LogP contribution in [0.3, 0.4) is 0 Å². The summed E-state index contributed by atoms with van der Waals surface area (Å²) in [4.78, 5) is 4.18. The highest BCUT2D eigenvalue weighted by Gasteiger charge is 2.17. The first-order chi connectivity index (χ1) is 14.0. The maximum atomic E-state index is 13.8. The third-order valence-corrected chi connectivity index (χ3v) is 4.37. The van der Waals surface area contributed by atoms with E-state index in [1.165, 1.54) is 24.3 Å². The van der Waals surface area contributed by atoms with Crippen molar-refractivity contribution in [3.63, 3.8) is 0 Å². The predicted molar refractivity (Wildman–Crippen MR) is 122 cm³/mol. The van der Waals surface area contributed by atoms with Crippen molar-refractivity contribution in [1.82, 2.24) is 10.6 Å². The maximum absolute atomic E-state index is 13.8. The Bertz CT molecular complexity index is 850. The Hall–Kier alpha value is -2.14. The molecular formula is C21H26F2IN3O3. The average molecular weight is 533 g/mol. The standard InChI is InChI=1S/C21H25F2N3O3.HI/c1-14(29-19-5-3-17(22)4-6-19)11-26-21(24-2)25-8-7-15-9-18(23)10-16-12-27-13-28-20(15)16;/h3-6,9-10,14H,7-8,11-13H2,1-2H3,(H2,24,25,26);1H. The van der Waals surface area contributed by atoms with Crippen molar-refractivity contribution in [3.8, 4) is 11.5 Å². The van der Waals surface area contributed by atoms with Crippen LogP contribution >= 0.6 is 24.0 Å². The van der Waals surface area contributed by atoms with Gasteiger partial charge >= 0.3 is 0 Å². The fourth-order valence-corrected chi connectivity index (χ4v) is 3.01. The van der Waals surface area contributed by atoms with Crippen LogP contribution in [-0.4, -0.2) is 39.0 Å². The molecule has 0 saturated heterocycles. The number of guanidine groups is 1. The van der Waals surface area contributed by atoms with Gasteiger partial charge in [0.1, 0.15) is 29.2 Å². The van der Waals surface area contributed by atoms with Gasteiger partial charge in [0.2, 0.25) is 0 Å². The zero-order valence-electron chi connectivity index (χ0n) is 16.9. The zero-order valence-corrected chi connectivity index (χ0v) is 19.2. The van der Waals surface area contributed by atoms with E-state index >= 15 is 0 Å². The molecule has 0 aromatic heterocycles. The minimum Gasteiger partial charge on any atom is -0.489 e. The molecule has 164 valence electrons. The molecular weight excluding hydrogens is 507 g/mol. The van der Waals surface area contributed by atoms with Gasteiger partial charge in [0, 0.05) is 19.2 Å². The summed E-state index contributed by atoms with van der Waals surface area (Å²) in [7, 11) is 1.67. The third kappa shape index (κ3) is 6.98. The molecule has 9 heteroatoms. The van der Waals surface area contributed by atoms with Crippen molar-refractivity contribution >= 4 is 29.9 Å². The van der Waals surface area contributed by atoms with Crippen LogP contribution in [0.5, 0.6) is 11.5 Å². The lowest BCUT2D eigenvalue weighted by molar-refractivity contribution is -0.0172. The van der Waals surface area contributed by atoms with Crippen LogP contribution in [0, 0.1) is 11.6 Å². The number of nitrogens with zero attached hydrogens (tertiary/aromatic N) is 1. The molecule has 0 spiro atoms. The second-order valence-electron chi connectivity index (χ2n) is 6.68. The fraction of sp³-hybridized carbons (Fsp3) is 0.381. The minimum absolute atomic E-state index is 0. The third-order valence-electron chi connectivity index (χ3n) is 4.37. The lowest BCUT2D eigenvalue weighted by Gasteiger charge is -2.21. The molecule has 0 bridgehead atoms. The number of hydrogen-bond acceptors (Lipinski definition) is 4. The van der Waals surface area contributed by atoms with Crippen molar-refractivity contribution in [2.75, 3.05) is 26.9 Å². The van der Waals surface area contributed by atoms with Gasteiger partial charge in [0.05, 0.1) is 13.2 Å². The first-order valence-corrected chi connectivity index (χ1v) is 9.43. The van der Waals surface area contributed by atoms with Gasteiger partial charge < -0.3 is 24.8 Å². The van der Waals surface area contributed by atoms with E-state index in [-0.39, 0.29) is 48.5 Å². The molecule has 0 saturated carbocycles. The van der Waals surface area contributed by atoms with E-state index in [1.807, 2.05) is 6.92 Å². The SMILES string of the molecule is CN=C(NCCc1cc(F)cc2c1OCOC2)NCC(C)Oc1ccc(F)cc1.I. The van der Waals surface area contributed by atoms with Crippen LogP contribution in [0.1, 0.15) is 18.1 Å². The molecule has 2 N–H and O–H groups in total. The number of aliphatic imine (C=N–C) groups is 1. The molecule has 2 aromatic rings. The van der Waals surface area contributed by atoms with Crippen molar-refractivity contribution in [2.45, 2.75) is 26.1 Å². The summed E-state index contributed by atoms with van der Waals surface area (Å²) in [5.74, 6) is 1.30. The molecule has 1 aliphatic rings. The fourth-order valence-electron chi connectivity index (χ4n) is 3.01. The van der Waals surface area contributed by atoms with Crippen LogP contribution in [0.4, 0.5) is 8.78 Å². The summed E-state index contributed by atoms with van der Waals surface area (Å²) in [6.45, 7) is 3.48. The Morgan fingerprint density at radius 2 is 1.93 bits per heavy atom. The number of rotatable bonds is 7. The summed E-state index contributed by atoms with van der Waals surface area (Å²) >= 11 is 0. The van der Waals surface area contributed by atoms with Crippen LogP contribution in [0.15, 0.2) is 41.4 Å². The lowest BCUT2D eigenvalue weighted by atomic mass is 10.1. The van der Waals surface area contributed by atoms with Crippen molar-refractivity contribution in [3.05, 3.63) is 59.2 Å². The number of ether oxygens (including phenoxy) is 3. The van der Waals surface area contributed by atoms with Crippen LogP contribution in [0.25, 0.3) is 0 Å². The molecule has 6 nitrogen and oxygen atoms in total. The molecule has 1 atom stereocenters. The average Bonchev–Trinajstić information content (AvgIpc) is 2.72. The summed E-state index contributed by atoms with van der Waals surface area (Å²) in [6.07, 6.45) is 0.422. The predicted octanol–water partition coefficient (Wildman–Crippen LogP) is 3.62. The molecule has 0 amide bonds. The molecule has 2 aromatic carbocycles. The van der Waals surface area contributed by atoms with Gasteiger partial charge in [-0.25, -0.2) is 8.78 Å². The van der Waals surface area contributed by atoms with E-state index in [4.69, 9.17) is 14.2 Å². The van der Waals surface area contributed by atoms with Gasteiger partial charge in [0.15, 0.2) is 12.8 Å². The van der Waals surface area contributed by atoms with E-state index < -0.39 is 0 Å². The van der Waals surface area contributed by atoms with Gasteiger partial charge in [-0.15, -0.1) is 24.0 Å². The Labute approximate surface area is 192 Å². The normalized spacial score (nSPS) is 14.1. The molecule has 3 rings (SSSR count). The highest BCUT2D eigenvalue weighted by molar-refractivity contribution is 14.0. The molecule has 0 fully saturated rings. The molecule has 1 unspecified atom stereocenters. The molecule has 30 heavy (non-hydrogen) atoms. The highest BCUT2D eigenvalue weighted by atomic mass is 127. The van der Waals surface area contributed by atoms with Crippen molar-refractivity contribution in [2.24, 2.45) is 4.99 Å². The Kier molecular flexibility index (Phi) is 9.57. The van der Waals surface area contributed by atoms with Gasteiger partial charge in [-0.3, -0.25) is 4.99 Å². The first-order valence-electron chi connectivity index (χ1n) is 9.43. The Morgan fingerprint density at radius 1 is 1.17 bits per heavy atom. The maximum Gasteiger partial charge on any atom is 0.191 e. The first kappa shape index (κ1) is 24.1. The second-order valence-corrected chi connectivity index (χ2v) is 6.68. The van der Waals surface area contributed by atoms with E-state index in [0.29, 0.717) is 43.6 Å². The summed E-state index contributed by atoms with van der Waals surface area (Å²) in [6, 6.07) is 8.82. The van der Waals surface area contributed by atoms with Gasteiger partial charge in [-0.2, -0.15) is 0 Å². The summed E-state index contributed by atoms with van der Waals surface area (Å²) in [5, 5.41) is 6.37. The lowest BCUT2D eigenvalue weighted by Crippen LogP contribution is -2.42. The Morgan fingerprint density at radius 3 is 2.67 bits per heavy atom. The quantitative estimate of drug-likeness (QED) is 0.324. The van der Waals surface area contributed by atoms with E-state index in [9.17, 15) is 8.78 Å². The molecule has 0 radical (unpaired) electrons. The number of benzene rings is 2. The summed E-state index contributed by atoms with van der Waals surface area (Å²) in [5.41, 5.74) is 1.51. The van der Waals surface area contributed by atoms with Crippen LogP contribution < -0.4 is 20.1 Å². The minimum atomic E-state index is -0.304. The van der Waals surface area contributed by atoms with Crippen LogP contribution in [-0.2, 0) is 17.8 Å². The number of halogens is 3. The Balaban J connectivity index is 0.00000320. The number of nitrogens with one attached hydrogen (secondary N) is 2. The molecule has 0 aliphatic carbocycles. The van der Waals surface area contributed by atoms with Crippen LogP contribution in [0.2, 0.25) is 0 Å². The van der Waals surface area contributed by atoms with Crippen molar-refractivity contribution in [1.29, 1.82) is 0 Å². The van der Waals surface area contributed by atoms with E-state index in [0.717, 1.165) is 11.1 Å². The van der Waals surface area contributed by atoms with Crippen molar-refractivity contribution < 1.29 is 23.0 Å². The number of hydrogen-bond donors (Lipinski definition) is 2. The van der Waals surface area contributed by atoms with Gasteiger partial charge in [0.25, 0.3) is 0 Å². The largest absolute Gasteiger partial charge is 0.489 e. The highest BCUT2D eigenvalue weighted by Crippen LogP contribution is 2.29. The van der Waals surface area contributed by atoms with Gasteiger partial charge in [-0.1, -0.05) is 0 Å². The van der Waals surface area contributed by atoms with E-state index in [2.05, 4.69) is 15.6 Å². The van der Waals surface area contributed by atoms with Gasteiger partial charge in [-0.05, 0) is 55.3 Å². The van der Waals surface area contributed by atoms with E-state index in [1.54, 1.807) is 19.2 Å².